The lowest BCUT2D eigenvalue weighted by Gasteiger charge is -2.31. The fourth-order valence-electron chi connectivity index (χ4n) is 1.50. The molecule has 1 amide bonds. The van der Waals surface area contributed by atoms with Crippen LogP contribution < -0.4 is 10.6 Å². The van der Waals surface area contributed by atoms with Crippen LogP contribution >= 0.6 is 11.8 Å². The summed E-state index contributed by atoms with van der Waals surface area (Å²) in [5.74, 6) is 1.50. The Morgan fingerprint density at radius 3 is 2.76 bits per heavy atom. The molecule has 98 valence electrons. The largest absolute Gasteiger partial charge is 0.468 e. The predicted molar refractivity (Wildman–Crippen MR) is 67.9 cm³/mol. The van der Waals surface area contributed by atoms with E-state index >= 15 is 0 Å². The van der Waals surface area contributed by atoms with Gasteiger partial charge in [-0.15, -0.1) is 11.8 Å². The first-order valence-corrected chi connectivity index (χ1v) is 6.93. The fraction of sp³-hybridized carbons (Fsp3) is 0.818. The molecule has 1 heterocycles. The summed E-state index contributed by atoms with van der Waals surface area (Å²) < 4.78 is 4.52. The smallest absolute Gasteiger partial charge is 0.315 e. The van der Waals surface area contributed by atoms with Crippen molar-refractivity contribution in [3.63, 3.8) is 0 Å². The fourth-order valence-corrected chi connectivity index (χ4v) is 2.18. The van der Waals surface area contributed by atoms with Crippen LogP contribution in [-0.4, -0.2) is 50.1 Å². The SMILES string of the molecule is COC(=O)CSCCNC(=O)C(C)C1CNC1. The standard InChI is InChI=1S/C11H20N2O3S/c1-8(9-5-12-6-9)11(15)13-3-4-17-7-10(14)16-2/h8-9,12H,3-7H2,1-2H3,(H,13,15). The maximum atomic E-state index is 11.7. The first-order chi connectivity index (χ1) is 8.15. The van der Waals surface area contributed by atoms with Crippen molar-refractivity contribution in [3.8, 4) is 0 Å². The zero-order chi connectivity index (χ0) is 12.7. The summed E-state index contributed by atoms with van der Waals surface area (Å²) in [7, 11) is 1.37. The molecule has 0 aliphatic carbocycles. The number of hydrogen-bond donors (Lipinski definition) is 2. The molecule has 0 bridgehead atoms. The molecule has 0 aromatic rings. The number of carbonyl (C=O) groups excluding carboxylic acids is 2. The number of amides is 1. The van der Waals surface area contributed by atoms with Gasteiger partial charge in [-0.25, -0.2) is 0 Å². The van der Waals surface area contributed by atoms with Crippen LogP contribution in [-0.2, 0) is 14.3 Å². The van der Waals surface area contributed by atoms with Crippen molar-refractivity contribution in [2.75, 3.05) is 38.2 Å². The maximum absolute atomic E-state index is 11.7. The van der Waals surface area contributed by atoms with Crippen molar-refractivity contribution < 1.29 is 14.3 Å². The van der Waals surface area contributed by atoms with Gasteiger partial charge in [0.25, 0.3) is 0 Å². The Morgan fingerprint density at radius 2 is 2.24 bits per heavy atom. The van der Waals surface area contributed by atoms with Crippen LogP contribution in [0.3, 0.4) is 0 Å². The van der Waals surface area contributed by atoms with Gasteiger partial charge in [0.2, 0.25) is 5.91 Å². The average Bonchev–Trinajstić information content (AvgIpc) is 2.25. The van der Waals surface area contributed by atoms with Crippen LogP contribution in [0.2, 0.25) is 0 Å². The Kier molecular flexibility index (Phi) is 6.36. The molecule has 1 unspecified atom stereocenters. The number of ether oxygens (including phenoxy) is 1. The van der Waals surface area contributed by atoms with Crippen LogP contribution in [0.5, 0.6) is 0 Å². The molecule has 1 aliphatic rings. The number of carbonyl (C=O) groups is 2. The Balaban J connectivity index is 2.01. The van der Waals surface area contributed by atoms with Gasteiger partial charge >= 0.3 is 5.97 Å². The molecule has 0 saturated carbocycles. The van der Waals surface area contributed by atoms with Crippen LogP contribution in [0.4, 0.5) is 0 Å². The molecular weight excluding hydrogens is 240 g/mol. The minimum absolute atomic E-state index is 0.0712. The number of hydrogen-bond acceptors (Lipinski definition) is 5. The number of thioether (sulfide) groups is 1. The summed E-state index contributed by atoms with van der Waals surface area (Å²) in [5, 5.41) is 6.04. The van der Waals surface area contributed by atoms with Gasteiger partial charge in [-0.2, -0.15) is 0 Å². The highest BCUT2D eigenvalue weighted by molar-refractivity contribution is 7.99. The van der Waals surface area contributed by atoms with Crippen LogP contribution in [0.25, 0.3) is 0 Å². The van der Waals surface area contributed by atoms with Gasteiger partial charge in [-0.05, 0) is 19.0 Å². The highest BCUT2D eigenvalue weighted by atomic mass is 32.2. The minimum atomic E-state index is -0.227. The van der Waals surface area contributed by atoms with E-state index in [1.54, 1.807) is 0 Å². The quantitative estimate of drug-likeness (QED) is 0.493. The summed E-state index contributed by atoms with van der Waals surface area (Å²) in [6, 6.07) is 0. The molecule has 5 nitrogen and oxygen atoms in total. The summed E-state index contributed by atoms with van der Waals surface area (Å²) in [5.41, 5.74) is 0. The van der Waals surface area contributed by atoms with Crippen LogP contribution in [0.1, 0.15) is 6.92 Å². The van der Waals surface area contributed by atoms with Gasteiger partial charge in [0, 0.05) is 18.2 Å². The lowest BCUT2D eigenvalue weighted by Crippen LogP contribution is -2.49. The molecule has 1 rings (SSSR count). The summed E-state index contributed by atoms with van der Waals surface area (Å²) in [4.78, 5) is 22.5. The van der Waals surface area contributed by atoms with Crippen LogP contribution in [0, 0.1) is 11.8 Å². The molecule has 0 radical (unpaired) electrons. The Hall–Kier alpha value is -0.750. The summed E-state index contributed by atoms with van der Waals surface area (Å²) >= 11 is 1.47. The van der Waals surface area contributed by atoms with E-state index in [4.69, 9.17) is 0 Å². The number of rotatable bonds is 7. The van der Waals surface area contributed by atoms with E-state index in [2.05, 4.69) is 15.4 Å². The van der Waals surface area contributed by atoms with Gasteiger partial charge in [-0.3, -0.25) is 9.59 Å². The van der Waals surface area contributed by atoms with Crippen molar-refractivity contribution in [1.29, 1.82) is 0 Å². The molecule has 1 fully saturated rings. The van der Waals surface area contributed by atoms with E-state index in [-0.39, 0.29) is 17.8 Å². The van der Waals surface area contributed by atoms with E-state index in [1.165, 1.54) is 18.9 Å². The molecule has 2 N–H and O–H groups in total. The number of methoxy groups -OCH3 is 1. The number of esters is 1. The second-order valence-corrected chi connectivity index (χ2v) is 5.23. The lowest BCUT2D eigenvalue weighted by molar-refractivity contribution is -0.137. The molecule has 0 spiro atoms. The molecule has 0 aromatic carbocycles. The van der Waals surface area contributed by atoms with Crippen molar-refractivity contribution >= 4 is 23.6 Å². The lowest BCUT2D eigenvalue weighted by atomic mass is 9.88. The molecule has 0 aromatic heterocycles. The monoisotopic (exact) mass is 260 g/mol. The summed E-state index contributed by atoms with van der Waals surface area (Å²) in [6.45, 7) is 4.44. The predicted octanol–water partition coefficient (Wildman–Crippen LogP) is -0.136. The van der Waals surface area contributed by atoms with Crippen LogP contribution in [0.15, 0.2) is 0 Å². The van der Waals surface area contributed by atoms with E-state index < -0.39 is 0 Å². The highest BCUT2D eigenvalue weighted by Gasteiger charge is 2.28. The normalized spacial score (nSPS) is 17.1. The van der Waals surface area contributed by atoms with Crippen molar-refractivity contribution in [1.82, 2.24) is 10.6 Å². The third kappa shape index (κ3) is 4.95. The van der Waals surface area contributed by atoms with Gasteiger partial charge in [0.15, 0.2) is 0 Å². The van der Waals surface area contributed by atoms with Gasteiger partial charge in [0.1, 0.15) is 0 Å². The second kappa shape index (κ2) is 7.55. The van der Waals surface area contributed by atoms with Gasteiger partial charge < -0.3 is 15.4 Å². The average molecular weight is 260 g/mol. The number of nitrogens with one attached hydrogen (secondary N) is 2. The van der Waals surface area contributed by atoms with E-state index in [0.717, 1.165) is 18.8 Å². The first kappa shape index (κ1) is 14.3. The zero-order valence-electron chi connectivity index (χ0n) is 10.3. The van der Waals surface area contributed by atoms with Crippen molar-refractivity contribution in [2.45, 2.75) is 6.92 Å². The molecule has 1 aliphatic heterocycles. The maximum Gasteiger partial charge on any atom is 0.315 e. The highest BCUT2D eigenvalue weighted by Crippen LogP contribution is 2.15. The van der Waals surface area contributed by atoms with E-state index in [1.807, 2.05) is 6.92 Å². The van der Waals surface area contributed by atoms with Gasteiger partial charge in [-0.1, -0.05) is 6.92 Å². The first-order valence-electron chi connectivity index (χ1n) is 5.78. The molecule has 1 saturated heterocycles. The zero-order valence-corrected chi connectivity index (χ0v) is 11.1. The second-order valence-electron chi connectivity index (χ2n) is 4.13. The molecular formula is C11H20N2O3S. The minimum Gasteiger partial charge on any atom is -0.468 e. The van der Waals surface area contributed by atoms with Crippen molar-refractivity contribution in [3.05, 3.63) is 0 Å². The molecule has 6 heteroatoms. The topological polar surface area (TPSA) is 67.4 Å². The Labute approximate surface area is 106 Å². The third-order valence-electron chi connectivity index (χ3n) is 2.93. The van der Waals surface area contributed by atoms with Crippen molar-refractivity contribution in [2.24, 2.45) is 11.8 Å². The molecule has 17 heavy (non-hydrogen) atoms. The van der Waals surface area contributed by atoms with Gasteiger partial charge in [0.05, 0.1) is 12.9 Å². The molecule has 1 atom stereocenters. The Bertz CT molecular complexity index is 269. The van der Waals surface area contributed by atoms with E-state index in [0.29, 0.717) is 18.2 Å². The summed E-state index contributed by atoms with van der Waals surface area (Å²) in [6.07, 6.45) is 0. The van der Waals surface area contributed by atoms with E-state index in [9.17, 15) is 9.59 Å². The third-order valence-corrected chi connectivity index (χ3v) is 3.86. The Morgan fingerprint density at radius 1 is 1.53 bits per heavy atom.